The molecule has 0 aromatic rings. The molecule has 2 aliphatic rings. The Bertz CT molecular complexity index is 612. The Hall–Kier alpha value is -2.48. The number of carbonyl (C=O) groups is 1. The van der Waals surface area contributed by atoms with Crippen molar-refractivity contribution in [2.75, 3.05) is 19.6 Å². The molecule has 2 atom stereocenters. The quantitative estimate of drug-likeness (QED) is 0.516. The van der Waals surface area contributed by atoms with Crippen LogP contribution in [0.5, 0.6) is 0 Å². The molecule has 1 fully saturated rings. The molecule has 0 saturated carbocycles. The van der Waals surface area contributed by atoms with Crippen molar-refractivity contribution in [1.29, 1.82) is 5.26 Å². The number of likely N-dealkylation sites (tertiary alicyclic amines) is 1. The van der Waals surface area contributed by atoms with E-state index in [1.165, 1.54) is 5.57 Å². The van der Waals surface area contributed by atoms with Crippen LogP contribution in [-0.4, -0.2) is 36.6 Å². The third-order valence-corrected chi connectivity index (χ3v) is 4.81. The van der Waals surface area contributed by atoms with Crippen LogP contribution in [0.1, 0.15) is 39.0 Å². The number of nitriles is 1. The van der Waals surface area contributed by atoms with Crippen LogP contribution in [0.15, 0.2) is 48.1 Å². The summed E-state index contributed by atoms with van der Waals surface area (Å²) in [7, 11) is 0. The number of carbonyl (C=O) groups excluding carboxylic acids is 1. The molecule has 1 heterocycles. The van der Waals surface area contributed by atoms with Crippen molar-refractivity contribution in [3.63, 3.8) is 0 Å². The van der Waals surface area contributed by atoms with E-state index in [4.69, 9.17) is 5.26 Å². The monoisotopic (exact) mass is 354 g/mol. The van der Waals surface area contributed by atoms with E-state index < -0.39 is 0 Å². The number of nitrogens with one attached hydrogen (secondary N) is 2. The molecule has 0 radical (unpaired) electrons. The molecule has 0 spiro atoms. The van der Waals surface area contributed by atoms with E-state index in [9.17, 15) is 4.79 Å². The van der Waals surface area contributed by atoms with Gasteiger partial charge in [-0.15, -0.1) is 0 Å². The minimum atomic E-state index is -0.125. The summed E-state index contributed by atoms with van der Waals surface area (Å²) in [5.41, 5.74) is 1.36. The highest BCUT2D eigenvalue weighted by atomic mass is 16.2. The molecule has 0 aromatic carbocycles. The molecule has 0 aromatic heterocycles. The van der Waals surface area contributed by atoms with E-state index in [-0.39, 0.29) is 12.1 Å². The van der Waals surface area contributed by atoms with Crippen molar-refractivity contribution >= 4 is 6.03 Å². The molecule has 5 nitrogen and oxygen atoms in total. The van der Waals surface area contributed by atoms with Crippen molar-refractivity contribution in [1.82, 2.24) is 15.5 Å². The number of hydrogen-bond acceptors (Lipinski definition) is 3. The van der Waals surface area contributed by atoms with Gasteiger partial charge in [0.2, 0.25) is 0 Å². The Balaban J connectivity index is 1.71. The Labute approximate surface area is 157 Å². The van der Waals surface area contributed by atoms with Gasteiger partial charge in [0.15, 0.2) is 6.19 Å². The zero-order valence-electron chi connectivity index (χ0n) is 15.7. The molecule has 2 amide bonds. The van der Waals surface area contributed by atoms with Gasteiger partial charge in [-0.3, -0.25) is 0 Å². The minimum Gasteiger partial charge on any atom is -0.338 e. The fourth-order valence-corrected chi connectivity index (χ4v) is 3.44. The van der Waals surface area contributed by atoms with Gasteiger partial charge in [-0.25, -0.2) is 4.79 Å². The zero-order valence-corrected chi connectivity index (χ0v) is 15.7. The SMILES string of the molecule is CCCC(CCCNC(=O)N[C@@H]1CCN(C#N)C1)C1=C/C=C\C=C/C=C1. The first-order chi connectivity index (χ1) is 12.7. The maximum absolute atomic E-state index is 12.0. The molecular formula is C21H30N4O. The third-order valence-electron chi connectivity index (χ3n) is 4.81. The van der Waals surface area contributed by atoms with Crippen LogP contribution in [0, 0.1) is 17.4 Å². The molecule has 2 N–H and O–H groups in total. The maximum Gasteiger partial charge on any atom is 0.315 e. The van der Waals surface area contributed by atoms with Gasteiger partial charge in [-0.05, 0) is 37.2 Å². The third kappa shape index (κ3) is 6.79. The van der Waals surface area contributed by atoms with Crippen molar-refractivity contribution < 1.29 is 4.79 Å². The summed E-state index contributed by atoms with van der Waals surface area (Å²) >= 11 is 0. The molecule has 1 unspecified atom stereocenters. The Kier molecular flexibility index (Phi) is 8.54. The first-order valence-electron chi connectivity index (χ1n) is 9.63. The van der Waals surface area contributed by atoms with Crippen molar-refractivity contribution in [3.8, 4) is 6.19 Å². The summed E-state index contributed by atoms with van der Waals surface area (Å²) in [5, 5.41) is 14.8. The molecule has 1 aliphatic carbocycles. The molecule has 5 heteroatoms. The Morgan fingerprint density at radius 2 is 2.12 bits per heavy atom. The van der Waals surface area contributed by atoms with Gasteiger partial charge in [-0.1, -0.05) is 55.9 Å². The van der Waals surface area contributed by atoms with Gasteiger partial charge in [0.1, 0.15) is 0 Å². The van der Waals surface area contributed by atoms with Gasteiger partial charge in [0.25, 0.3) is 0 Å². The van der Waals surface area contributed by atoms with Crippen molar-refractivity contribution in [3.05, 3.63) is 48.1 Å². The van der Waals surface area contributed by atoms with Gasteiger partial charge < -0.3 is 15.5 Å². The first kappa shape index (κ1) is 19.8. The first-order valence-corrected chi connectivity index (χ1v) is 9.63. The van der Waals surface area contributed by atoms with Crippen molar-refractivity contribution in [2.45, 2.75) is 45.1 Å². The molecule has 0 bridgehead atoms. The zero-order chi connectivity index (χ0) is 18.6. The highest BCUT2D eigenvalue weighted by molar-refractivity contribution is 5.74. The predicted molar refractivity (Wildman–Crippen MR) is 105 cm³/mol. The molecule has 26 heavy (non-hydrogen) atoms. The summed E-state index contributed by atoms with van der Waals surface area (Å²) in [6.07, 6.45) is 22.0. The van der Waals surface area contributed by atoms with E-state index >= 15 is 0 Å². The second-order valence-electron chi connectivity index (χ2n) is 6.86. The van der Waals surface area contributed by atoms with Gasteiger partial charge in [0, 0.05) is 19.6 Å². The van der Waals surface area contributed by atoms with Crippen LogP contribution in [0.3, 0.4) is 0 Å². The van der Waals surface area contributed by atoms with Crippen molar-refractivity contribution in [2.24, 2.45) is 5.92 Å². The summed E-state index contributed by atoms with van der Waals surface area (Å²) in [4.78, 5) is 13.7. The van der Waals surface area contributed by atoms with Crippen LogP contribution in [0.4, 0.5) is 4.79 Å². The van der Waals surface area contributed by atoms with Crippen LogP contribution in [0.25, 0.3) is 0 Å². The fourth-order valence-electron chi connectivity index (χ4n) is 3.44. The lowest BCUT2D eigenvalue weighted by atomic mass is 9.89. The summed E-state index contributed by atoms with van der Waals surface area (Å²) < 4.78 is 0. The topological polar surface area (TPSA) is 68.2 Å². The lowest BCUT2D eigenvalue weighted by Crippen LogP contribution is -2.43. The summed E-state index contributed by atoms with van der Waals surface area (Å²) in [6, 6.07) is -0.0486. The normalized spacial score (nSPS) is 22.5. The van der Waals surface area contributed by atoms with Gasteiger partial charge >= 0.3 is 6.03 Å². The van der Waals surface area contributed by atoms with Gasteiger partial charge in [-0.2, -0.15) is 5.26 Å². The summed E-state index contributed by atoms with van der Waals surface area (Å²) in [5.74, 6) is 0.524. The second-order valence-corrected chi connectivity index (χ2v) is 6.86. The second kappa shape index (κ2) is 11.2. The standard InChI is InChI=1S/C21H30N4O/c1-2-9-18(19-10-6-4-3-5-7-11-19)12-8-14-23-21(26)24-20-13-15-25(16-20)17-22/h3-7,10-11,18,20H,2,8-9,12-16H2,1H3,(H2,23,24,26)/b4-3-,5-3?,6-4?,7-5-,10-6?,11-7?,19-10?,19-11?/t18?,20-/m1/s1. The number of hydrogen-bond donors (Lipinski definition) is 2. The average molecular weight is 354 g/mol. The molecule has 1 aliphatic heterocycles. The smallest absolute Gasteiger partial charge is 0.315 e. The molecular weight excluding hydrogens is 324 g/mol. The van der Waals surface area contributed by atoms with E-state index in [1.807, 2.05) is 6.08 Å². The molecule has 1 saturated heterocycles. The van der Waals surface area contributed by atoms with E-state index in [2.05, 4.69) is 60.2 Å². The van der Waals surface area contributed by atoms with E-state index in [0.29, 0.717) is 19.0 Å². The van der Waals surface area contributed by atoms with E-state index in [0.717, 1.165) is 38.6 Å². The fraction of sp³-hybridized carbons (Fsp3) is 0.524. The largest absolute Gasteiger partial charge is 0.338 e. The molecule has 2 rings (SSSR count). The van der Waals surface area contributed by atoms with Crippen LogP contribution >= 0.6 is 0 Å². The Morgan fingerprint density at radius 1 is 1.31 bits per heavy atom. The molecule has 140 valence electrons. The highest BCUT2D eigenvalue weighted by Gasteiger charge is 2.22. The minimum absolute atomic E-state index is 0.0764. The number of nitrogens with zero attached hydrogens (tertiary/aromatic N) is 2. The number of rotatable bonds is 8. The number of amides is 2. The highest BCUT2D eigenvalue weighted by Crippen LogP contribution is 2.24. The van der Waals surface area contributed by atoms with Crippen LogP contribution in [0.2, 0.25) is 0 Å². The number of urea groups is 1. The van der Waals surface area contributed by atoms with E-state index in [1.54, 1.807) is 4.90 Å². The van der Waals surface area contributed by atoms with Gasteiger partial charge in [0.05, 0.1) is 6.04 Å². The summed E-state index contributed by atoms with van der Waals surface area (Å²) in [6.45, 7) is 4.23. The Morgan fingerprint density at radius 3 is 2.88 bits per heavy atom. The lowest BCUT2D eigenvalue weighted by Gasteiger charge is -2.18. The predicted octanol–water partition coefficient (Wildman–Crippen LogP) is 3.65. The maximum atomic E-state index is 12.0. The number of allylic oxidation sites excluding steroid dienone is 8. The van der Waals surface area contributed by atoms with Crippen LogP contribution in [-0.2, 0) is 0 Å². The lowest BCUT2D eigenvalue weighted by molar-refractivity contribution is 0.237. The average Bonchev–Trinajstić information content (AvgIpc) is 3.05. The van der Waals surface area contributed by atoms with Crippen LogP contribution < -0.4 is 10.6 Å².